The van der Waals surface area contributed by atoms with Crippen molar-refractivity contribution in [2.75, 3.05) is 0 Å². The van der Waals surface area contributed by atoms with E-state index >= 15 is 0 Å². The summed E-state index contributed by atoms with van der Waals surface area (Å²) >= 11 is 5.44. The number of nitrogens with zero attached hydrogens (tertiary/aromatic N) is 7. The zero-order valence-corrected chi connectivity index (χ0v) is 70.6. The molecule has 0 bridgehead atoms. The summed E-state index contributed by atoms with van der Waals surface area (Å²) in [4.78, 5) is 25.5. The van der Waals surface area contributed by atoms with Gasteiger partial charge in [0.2, 0.25) is 0 Å². The molecule has 0 N–H and O–H groups in total. The van der Waals surface area contributed by atoms with E-state index in [2.05, 4.69) is 343 Å². The van der Waals surface area contributed by atoms with E-state index < -0.39 is 7.14 Å². The molecule has 25 rings (SSSR count). The van der Waals surface area contributed by atoms with Gasteiger partial charge in [-0.25, -0.2) is 24.9 Å². The molecule has 0 aliphatic heterocycles. The van der Waals surface area contributed by atoms with Crippen LogP contribution in [0.2, 0.25) is 0 Å². The Morgan fingerprint density at radius 1 is 0.200 bits per heavy atom. The van der Waals surface area contributed by atoms with Crippen LogP contribution in [0.3, 0.4) is 0 Å². The van der Waals surface area contributed by atoms with Crippen LogP contribution in [0, 0.1) is 0 Å². The van der Waals surface area contributed by atoms with Gasteiger partial charge in [-0.15, -0.1) is 34.0 Å². The van der Waals surface area contributed by atoms with Crippen LogP contribution in [0.5, 0.6) is 0 Å². The van der Waals surface area contributed by atoms with Gasteiger partial charge in [-0.2, -0.15) is 0 Å². The number of rotatable bonds is 12. The Morgan fingerprint density at radius 2 is 0.456 bits per heavy atom. The second kappa shape index (κ2) is 31.7. The Bertz CT molecular complexity index is 8420. The predicted molar refractivity (Wildman–Crippen MR) is 531 cm³/mol. The number of para-hydroxylation sites is 8. The summed E-state index contributed by atoms with van der Waals surface area (Å²) < 4.78 is 26.7. The molecular formula is C113H72N7OPS3. The van der Waals surface area contributed by atoms with Crippen LogP contribution in [0.15, 0.2) is 437 Å². The average Bonchev–Trinajstić information content (AvgIpc) is 1.59. The minimum atomic E-state index is -3.02. The summed E-state index contributed by atoms with van der Waals surface area (Å²) in [6.07, 6.45) is 0. The average molecular weight is 1670 g/mol. The normalized spacial score (nSPS) is 11.7. The Hall–Kier alpha value is -15.2. The maximum absolute atomic E-state index is 14.8. The number of hydrogen-bond acceptors (Lipinski definition) is 9. The molecule has 8 heterocycles. The first-order valence-electron chi connectivity index (χ1n) is 41.8. The van der Waals surface area contributed by atoms with Crippen LogP contribution < -0.4 is 15.9 Å². The molecule has 17 aromatic carbocycles. The molecule has 0 amide bonds. The number of benzene rings is 17. The van der Waals surface area contributed by atoms with E-state index in [4.69, 9.17) is 24.9 Å². The van der Waals surface area contributed by atoms with E-state index in [0.29, 0.717) is 0 Å². The largest absolute Gasteiger partial charge is 0.309 e. The van der Waals surface area contributed by atoms with Crippen molar-refractivity contribution in [3.8, 4) is 90.2 Å². The molecule has 0 spiro atoms. The molecule has 0 unspecified atom stereocenters. The third kappa shape index (κ3) is 13.4. The molecule has 0 aliphatic carbocycles. The molecule has 8 aromatic heterocycles. The molecule has 0 radical (unpaired) electrons. The van der Waals surface area contributed by atoms with Crippen LogP contribution in [0.1, 0.15) is 0 Å². The highest BCUT2D eigenvalue weighted by molar-refractivity contribution is 7.85. The smallest absolute Gasteiger partial charge is 0.171 e. The fourth-order valence-corrected chi connectivity index (χ4v) is 24.2. The molecule has 588 valence electrons. The van der Waals surface area contributed by atoms with Crippen molar-refractivity contribution >= 4 is 172 Å². The van der Waals surface area contributed by atoms with Crippen molar-refractivity contribution in [2.24, 2.45) is 0 Å². The highest BCUT2D eigenvalue weighted by Crippen LogP contribution is 2.49. The van der Waals surface area contributed by atoms with Gasteiger partial charge in [0, 0.05) is 118 Å². The highest BCUT2D eigenvalue weighted by atomic mass is 32.1. The van der Waals surface area contributed by atoms with E-state index in [1.165, 1.54) is 98.9 Å². The van der Waals surface area contributed by atoms with Gasteiger partial charge in [0.15, 0.2) is 7.14 Å². The first kappa shape index (κ1) is 74.8. The van der Waals surface area contributed by atoms with Gasteiger partial charge < -0.3 is 4.57 Å². The molecule has 0 aliphatic rings. The molecule has 8 nitrogen and oxygen atoms in total. The van der Waals surface area contributed by atoms with Crippen LogP contribution in [0.25, 0.3) is 205 Å². The lowest BCUT2D eigenvalue weighted by molar-refractivity contribution is 0.592. The van der Waals surface area contributed by atoms with Crippen LogP contribution in [-0.2, 0) is 4.57 Å². The summed E-state index contributed by atoms with van der Waals surface area (Å²) in [7, 11) is -3.02. The van der Waals surface area contributed by atoms with E-state index in [1.54, 1.807) is 11.3 Å². The third-order valence-corrected chi connectivity index (χ3v) is 30.4. The lowest BCUT2D eigenvalue weighted by Gasteiger charge is -2.20. The number of pyridine rings is 3. The van der Waals surface area contributed by atoms with Crippen LogP contribution in [0.4, 0.5) is 0 Å². The van der Waals surface area contributed by atoms with Crippen molar-refractivity contribution in [1.29, 1.82) is 0 Å². The molecule has 0 atom stereocenters. The van der Waals surface area contributed by atoms with Crippen molar-refractivity contribution < 1.29 is 4.57 Å². The Labute approximate surface area is 732 Å². The highest BCUT2D eigenvalue weighted by Gasteiger charge is 2.31. The zero-order chi connectivity index (χ0) is 82.9. The van der Waals surface area contributed by atoms with Gasteiger partial charge in [0.1, 0.15) is 11.6 Å². The van der Waals surface area contributed by atoms with Gasteiger partial charge >= 0.3 is 0 Å². The summed E-state index contributed by atoms with van der Waals surface area (Å²) in [5, 5.41) is 13.8. The number of aromatic nitrogens is 7. The summed E-state index contributed by atoms with van der Waals surface area (Å²) in [6.45, 7) is 0. The molecule has 0 saturated carbocycles. The fourth-order valence-electron chi connectivity index (χ4n) is 17.8. The Morgan fingerprint density at radius 3 is 0.832 bits per heavy atom. The van der Waals surface area contributed by atoms with Gasteiger partial charge in [-0.3, -0.25) is 9.13 Å². The minimum Gasteiger partial charge on any atom is -0.309 e. The van der Waals surface area contributed by atoms with Crippen molar-refractivity contribution in [3.63, 3.8) is 0 Å². The molecule has 25 aromatic rings. The van der Waals surface area contributed by atoms with E-state index in [0.717, 1.165) is 122 Å². The van der Waals surface area contributed by atoms with E-state index in [1.807, 2.05) is 126 Å². The van der Waals surface area contributed by atoms with E-state index in [9.17, 15) is 4.57 Å². The quantitative estimate of drug-likeness (QED) is 0.113. The molecular weight excluding hydrogens is 1600 g/mol. The molecule has 0 fully saturated rings. The van der Waals surface area contributed by atoms with Crippen LogP contribution >= 0.6 is 41.2 Å². The Balaban J connectivity index is 0.000000109. The van der Waals surface area contributed by atoms with Crippen molar-refractivity contribution in [3.05, 3.63) is 437 Å². The summed E-state index contributed by atoms with van der Waals surface area (Å²) in [5.41, 5.74) is 22.6. The fraction of sp³-hybridized carbons (Fsp3) is 0. The van der Waals surface area contributed by atoms with Gasteiger partial charge in [0.05, 0.1) is 69.8 Å². The first-order chi connectivity index (χ1) is 61.9. The number of hydrogen-bond donors (Lipinski definition) is 0. The van der Waals surface area contributed by atoms with Crippen molar-refractivity contribution in [2.45, 2.75) is 0 Å². The molecule has 0 saturated heterocycles. The Kier molecular flexibility index (Phi) is 19.0. The minimum absolute atomic E-state index is 0.821. The number of imidazole rings is 2. The zero-order valence-electron chi connectivity index (χ0n) is 67.3. The number of thiophene rings is 3. The first-order valence-corrected chi connectivity index (χ1v) is 45.9. The van der Waals surface area contributed by atoms with Gasteiger partial charge in [-0.05, 0) is 107 Å². The lowest BCUT2D eigenvalue weighted by Crippen LogP contribution is -2.24. The molecule has 12 heteroatoms. The van der Waals surface area contributed by atoms with Gasteiger partial charge in [0.25, 0.3) is 0 Å². The number of fused-ring (bicyclic) bond motifs is 17. The summed E-state index contributed by atoms with van der Waals surface area (Å²) in [5.74, 6) is 1.88. The maximum Gasteiger partial charge on any atom is 0.171 e. The topological polar surface area (TPSA) is 91.4 Å². The summed E-state index contributed by atoms with van der Waals surface area (Å²) in [6, 6.07) is 152. The monoisotopic (exact) mass is 1670 g/mol. The van der Waals surface area contributed by atoms with Crippen LogP contribution in [-0.4, -0.2) is 34.1 Å². The predicted octanol–water partition coefficient (Wildman–Crippen LogP) is 29.8. The third-order valence-electron chi connectivity index (χ3n) is 23.8. The standard InChI is InChI=1S/2C40H25N3S.C33H22NOPS/c1-2-10-30(11-3-1)43-35-16-8-7-15-34(35)42-40(43)29-24-20-27(21-25-29)26-18-22-28(23-19-26)38-39-37(31-12-4-6-14-33(31)41-38)32-13-5-9-17-36(32)44-39;1-2-10-29(11-3-1)40-42-34-15-7-8-16-35(34)43(40)30-24-22-27(23-25-30)26-18-20-28(21-19-26)38-39-37(31-12-4-6-14-33(31)41-38)32-13-5-9-17-36(32)44-39;35-36(24-11-3-1-4-12-24,25-13-5-2-6-14-25)26-21-19-23(20-22-26)32-33-31(27-15-7-9-17-29(27)34-32)28-16-8-10-18-30(28)37-33/h2*1-25H;1-22H. The second-order valence-corrected chi connectivity index (χ2v) is 37.1. The van der Waals surface area contributed by atoms with Crippen molar-refractivity contribution in [1.82, 2.24) is 34.1 Å². The molecule has 125 heavy (non-hydrogen) atoms. The maximum atomic E-state index is 14.8. The SMILES string of the molecule is O=P(c1ccccc1)(c1ccccc1)c1ccc(-c2nc3ccccc3c3c2sc2ccccc23)cc1.c1ccc(-c2nc3ccccc3n2-c2ccc(-c3ccc(-c4nc5ccccc5c5c4sc4ccccc45)cc3)cc2)cc1.c1ccc(-n2c(-c3ccc(-c4ccc(-c5nc6ccccc6c6c5sc5ccccc56)cc4)cc3)nc3ccccc32)cc1. The van der Waals surface area contributed by atoms with Gasteiger partial charge in [-0.1, -0.05) is 352 Å². The lowest BCUT2D eigenvalue weighted by atomic mass is 9.99. The second-order valence-electron chi connectivity index (χ2n) is 31.2. The van der Waals surface area contributed by atoms with E-state index in [-0.39, 0.29) is 0 Å².